The van der Waals surface area contributed by atoms with Gasteiger partial charge in [0.15, 0.2) is 0 Å². The number of nitrogens with zero attached hydrogens (tertiary/aromatic N) is 3. The summed E-state index contributed by atoms with van der Waals surface area (Å²) in [4.78, 5) is 9.55. The van der Waals surface area contributed by atoms with Crippen molar-refractivity contribution in [1.29, 1.82) is 0 Å². The predicted molar refractivity (Wildman–Crippen MR) is 87.3 cm³/mol. The van der Waals surface area contributed by atoms with Gasteiger partial charge in [-0.15, -0.1) is 0 Å². The second kappa shape index (κ2) is 6.02. The highest BCUT2D eigenvalue weighted by molar-refractivity contribution is 7.89. The predicted octanol–water partition coefficient (Wildman–Crippen LogP) is 0.882. The van der Waals surface area contributed by atoms with Crippen molar-refractivity contribution in [1.82, 2.24) is 9.29 Å². The Morgan fingerprint density at radius 3 is 3.09 bits per heavy atom. The molecule has 0 amide bonds. The number of nitrogens with two attached hydrogens (primary N) is 1. The van der Waals surface area contributed by atoms with Gasteiger partial charge < -0.3 is 15.6 Å². The number of hydrogen-bond acceptors (Lipinski definition) is 5. The van der Waals surface area contributed by atoms with Crippen LogP contribution in [0, 0.1) is 5.92 Å². The second-order valence-electron chi connectivity index (χ2n) is 5.91. The van der Waals surface area contributed by atoms with E-state index in [0.717, 1.165) is 30.8 Å². The molecule has 3 heterocycles. The number of piperidine rings is 1. The first-order valence-corrected chi connectivity index (χ1v) is 9.33. The molecule has 2 aliphatic rings. The van der Waals surface area contributed by atoms with Gasteiger partial charge >= 0.3 is 0 Å². The van der Waals surface area contributed by atoms with E-state index >= 15 is 0 Å². The lowest BCUT2D eigenvalue weighted by molar-refractivity contribution is 0.272. The molecule has 22 heavy (non-hydrogen) atoms. The summed E-state index contributed by atoms with van der Waals surface area (Å²) >= 11 is 0. The highest BCUT2D eigenvalue weighted by atomic mass is 32.2. The van der Waals surface area contributed by atoms with E-state index in [1.54, 1.807) is 17.6 Å². The molecule has 1 saturated heterocycles. The molecule has 0 spiro atoms. The molecular formula is C14H23N5O2S. The van der Waals surface area contributed by atoms with Crippen LogP contribution in [0.2, 0.25) is 0 Å². The first kappa shape index (κ1) is 15.5. The maximum absolute atomic E-state index is 12.1. The van der Waals surface area contributed by atoms with E-state index in [2.05, 4.69) is 9.98 Å². The van der Waals surface area contributed by atoms with Gasteiger partial charge in [-0.1, -0.05) is 0 Å². The Morgan fingerprint density at radius 2 is 2.32 bits per heavy atom. The molecule has 0 saturated carbocycles. The minimum atomic E-state index is -3.10. The van der Waals surface area contributed by atoms with Crippen LogP contribution < -0.4 is 10.6 Å². The smallest absolute Gasteiger partial charge is 0.213 e. The molecule has 1 aromatic rings. The Balaban J connectivity index is 1.70. The van der Waals surface area contributed by atoms with Crippen LogP contribution in [-0.2, 0) is 10.0 Å². The summed E-state index contributed by atoms with van der Waals surface area (Å²) in [6.45, 7) is 3.67. The highest BCUT2D eigenvalue weighted by Crippen LogP contribution is 2.29. The number of rotatable bonds is 4. The van der Waals surface area contributed by atoms with Crippen LogP contribution >= 0.6 is 0 Å². The number of aromatic amines is 1. The molecule has 122 valence electrons. The third-order valence-corrected chi connectivity index (χ3v) is 6.27. The zero-order valence-corrected chi connectivity index (χ0v) is 13.6. The number of sulfonamides is 1. The fraction of sp³-hybridized carbons (Fsp3) is 0.643. The Morgan fingerprint density at radius 1 is 1.50 bits per heavy atom. The largest absolute Gasteiger partial charge is 0.348 e. The maximum Gasteiger partial charge on any atom is 0.213 e. The number of anilines is 1. The van der Waals surface area contributed by atoms with E-state index in [1.807, 2.05) is 17.2 Å². The van der Waals surface area contributed by atoms with E-state index in [1.165, 1.54) is 0 Å². The summed E-state index contributed by atoms with van der Waals surface area (Å²) in [6.07, 6.45) is 5.24. The van der Waals surface area contributed by atoms with Gasteiger partial charge in [0.05, 0.1) is 12.1 Å². The van der Waals surface area contributed by atoms with Gasteiger partial charge in [0.25, 0.3) is 0 Å². The van der Waals surface area contributed by atoms with Gasteiger partial charge in [-0.25, -0.2) is 12.7 Å². The number of aromatic nitrogens is 1. The van der Waals surface area contributed by atoms with E-state index in [-0.39, 0.29) is 11.9 Å². The molecule has 1 fully saturated rings. The van der Waals surface area contributed by atoms with Crippen LogP contribution in [0.4, 0.5) is 5.82 Å². The molecule has 8 heteroatoms. The second-order valence-corrected chi connectivity index (χ2v) is 8.17. The fourth-order valence-electron chi connectivity index (χ4n) is 3.18. The molecular weight excluding hydrogens is 302 g/mol. The SMILES string of the molecule is CCS(=O)(=O)N1CCCC(CN2C=NC(N)c3cc[nH]c32)C1. The Hall–Kier alpha value is -1.38. The third-order valence-electron chi connectivity index (χ3n) is 4.42. The quantitative estimate of drug-likeness (QED) is 0.859. The number of hydrogen-bond donors (Lipinski definition) is 2. The molecule has 0 aromatic carbocycles. The topological polar surface area (TPSA) is 94.8 Å². The number of nitrogens with one attached hydrogen (secondary N) is 1. The van der Waals surface area contributed by atoms with Crippen molar-refractivity contribution in [2.24, 2.45) is 16.6 Å². The minimum Gasteiger partial charge on any atom is -0.348 e. The van der Waals surface area contributed by atoms with Gasteiger partial charge in [-0.2, -0.15) is 0 Å². The molecule has 3 rings (SSSR count). The molecule has 2 atom stereocenters. The lowest BCUT2D eigenvalue weighted by Crippen LogP contribution is -2.44. The Labute approximate surface area is 131 Å². The fourth-order valence-corrected chi connectivity index (χ4v) is 4.39. The van der Waals surface area contributed by atoms with Gasteiger partial charge in [-0.3, -0.25) is 4.99 Å². The van der Waals surface area contributed by atoms with Crippen molar-refractivity contribution in [3.63, 3.8) is 0 Å². The molecule has 0 radical (unpaired) electrons. The van der Waals surface area contributed by atoms with Crippen molar-refractivity contribution in [2.45, 2.75) is 25.9 Å². The summed E-state index contributed by atoms with van der Waals surface area (Å²) in [7, 11) is -3.10. The van der Waals surface area contributed by atoms with Crippen LogP contribution in [-0.4, -0.2) is 49.4 Å². The van der Waals surface area contributed by atoms with E-state index in [9.17, 15) is 8.42 Å². The highest BCUT2D eigenvalue weighted by Gasteiger charge is 2.30. The first-order valence-electron chi connectivity index (χ1n) is 7.72. The van der Waals surface area contributed by atoms with E-state index in [0.29, 0.717) is 19.0 Å². The van der Waals surface area contributed by atoms with Gasteiger partial charge in [0, 0.05) is 31.4 Å². The zero-order chi connectivity index (χ0) is 15.7. The molecule has 0 bridgehead atoms. The molecule has 0 aliphatic carbocycles. The Bertz CT molecular complexity index is 654. The van der Waals surface area contributed by atoms with Gasteiger partial charge in [0.1, 0.15) is 12.0 Å². The lowest BCUT2D eigenvalue weighted by atomic mass is 9.99. The van der Waals surface area contributed by atoms with Crippen molar-refractivity contribution >= 4 is 22.2 Å². The number of aliphatic imine (C=N–C) groups is 1. The summed E-state index contributed by atoms with van der Waals surface area (Å²) in [5.74, 6) is 1.44. The lowest BCUT2D eigenvalue weighted by Gasteiger charge is -2.35. The molecule has 3 N–H and O–H groups in total. The van der Waals surface area contributed by atoms with Crippen LogP contribution in [0.5, 0.6) is 0 Å². The summed E-state index contributed by atoms with van der Waals surface area (Å²) in [5, 5.41) is 0. The average molecular weight is 325 g/mol. The molecule has 2 unspecified atom stereocenters. The van der Waals surface area contributed by atoms with E-state index in [4.69, 9.17) is 5.73 Å². The van der Waals surface area contributed by atoms with E-state index < -0.39 is 10.0 Å². The normalized spacial score (nSPS) is 26.2. The van der Waals surface area contributed by atoms with Crippen LogP contribution in [0.25, 0.3) is 0 Å². The summed E-state index contributed by atoms with van der Waals surface area (Å²) in [5.41, 5.74) is 6.93. The summed E-state index contributed by atoms with van der Waals surface area (Å²) < 4.78 is 25.7. The van der Waals surface area contributed by atoms with Gasteiger partial charge in [-0.05, 0) is 31.7 Å². The van der Waals surface area contributed by atoms with Gasteiger partial charge in [0.2, 0.25) is 10.0 Å². The van der Waals surface area contributed by atoms with Crippen molar-refractivity contribution in [2.75, 3.05) is 30.3 Å². The van der Waals surface area contributed by atoms with Crippen LogP contribution in [0.3, 0.4) is 0 Å². The van der Waals surface area contributed by atoms with Crippen molar-refractivity contribution in [3.05, 3.63) is 17.8 Å². The van der Waals surface area contributed by atoms with Crippen molar-refractivity contribution in [3.8, 4) is 0 Å². The average Bonchev–Trinajstić information content (AvgIpc) is 3.01. The number of H-pyrrole nitrogens is 1. The van der Waals surface area contributed by atoms with Crippen LogP contribution in [0.15, 0.2) is 17.3 Å². The van der Waals surface area contributed by atoms with Crippen molar-refractivity contribution < 1.29 is 8.42 Å². The third kappa shape index (κ3) is 2.90. The Kier molecular flexibility index (Phi) is 4.24. The molecule has 7 nitrogen and oxygen atoms in total. The monoisotopic (exact) mass is 325 g/mol. The summed E-state index contributed by atoms with van der Waals surface area (Å²) in [6, 6.07) is 1.94. The molecule has 2 aliphatic heterocycles. The van der Waals surface area contributed by atoms with Crippen LogP contribution in [0.1, 0.15) is 31.5 Å². The molecule has 1 aromatic heterocycles. The maximum atomic E-state index is 12.1. The standard InChI is InChI=1S/C14H23N5O2S/c1-2-22(20,21)19-7-3-4-11(9-19)8-18-10-17-13(15)12-5-6-16-14(12)18/h5-6,10-11,13,16H,2-4,7-9,15H2,1H3. The number of fused-ring (bicyclic) bond motifs is 1. The zero-order valence-electron chi connectivity index (χ0n) is 12.8. The minimum absolute atomic E-state index is 0.167. The first-order chi connectivity index (χ1) is 10.5.